The average Bonchev–Trinajstić information content (AvgIpc) is 2.91. The Morgan fingerprint density at radius 1 is 0.514 bits per heavy atom. The summed E-state index contributed by atoms with van der Waals surface area (Å²) in [5.74, 6) is 0.790. The SMILES string of the molecule is CCCCCCN(CCN)CCN(CCNCCN)CCN(CCCC)CCC(CCNC)CCNC. The summed E-state index contributed by atoms with van der Waals surface area (Å²) < 4.78 is 0. The van der Waals surface area contributed by atoms with Crippen LogP contribution in [0.3, 0.4) is 0 Å². The van der Waals surface area contributed by atoms with Gasteiger partial charge in [0, 0.05) is 65.4 Å². The van der Waals surface area contributed by atoms with Gasteiger partial charge >= 0.3 is 0 Å². The number of hydrogen-bond acceptors (Lipinski definition) is 8. The molecule has 0 aliphatic carbocycles. The van der Waals surface area contributed by atoms with E-state index in [4.69, 9.17) is 11.5 Å². The number of hydrogen-bond donors (Lipinski definition) is 5. The van der Waals surface area contributed by atoms with Crippen LogP contribution in [-0.2, 0) is 0 Å². The summed E-state index contributed by atoms with van der Waals surface area (Å²) in [6, 6.07) is 0. The standard InChI is InChI=1S/C29H68N8/c1-5-7-9-10-21-36(23-15-31)26-28-37(24-19-34-18-14-30)27-25-35(20-8-6-2)22-13-29(11-16-32-3)12-17-33-4/h29,32-34H,5-28,30-31H2,1-4H3. The molecule has 0 heterocycles. The van der Waals surface area contributed by atoms with Crippen molar-refractivity contribution in [2.75, 3.05) is 112 Å². The Kier molecular flexibility index (Phi) is 28.4. The zero-order valence-corrected chi connectivity index (χ0v) is 25.5. The number of nitrogens with zero attached hydrogens (tertiary/aromatic N) is 3. The van der Waals surface area contributed by atoms with Gasteiger partial charge in [-0.3, -0.25) is 4.90 Å². The van der Waals surface area contributed by atoms with Crippen LogP contribution in [0, 0.1) is 5.92 Å². The van der Waals surface area contributed by atoms with E-state index in [-0.39, 0.29) is 0 Å². The zero-order valence-electron chi connectivity index (χ0n) is 25.5. The fourth-order valence-corrected chi connectivity index (χ4v) is 4.86. The van der Waals surface area contributed by atoms with Gasteiger partial charge in [-0.05, 0) is 84.8 Å². The highest BCUT2D eigenvalue weighted by Gasteiger charge is 2.14. The van der Waals surface area contributed by atoms with Crippen LogP contribution in [0.15, 0.2) is 0 Å². The summed E-state index contributed by atoms with van der Waals surface area (Å²) >= 11 is 0. The van der Waals surface area contributed by atoms with Gasteiger partial charge in [-0.15, -0.1) is 0 Å². The maximum atomic E-state index is 5.95. The molecule has 0 rings (SSSR count). The van der Waals surface area contributed by atoms with Crippen LogP contribution in [0.25, 0.3) is 0 Å². The molecule has 7 N–H and O–H groups in total. The number of nitrogens with one attached hydrogen (secondary N) is 3. The summed E-state index contributed by atoms with van der Waals surface area (Å²) in [7, 11) is 4.14. The van der Waals surface area contributed by atoms with E-state index >= 15 is 0 Å². The monoisotopic (exact) mass is 529 g/mol. The summed E-state index contributed by atoms with van der Waals surface area (Å²) in [5, 5.41) is 10.2. The fourth-order valence-electron chi connectivity index (χ4n) is 4.86. The lowest BCUT2D eigenvalue weighted by Gasteiger charge is -2.31. The van der Waals surface area contributed by atoms with E-state index < -0.39 is 0 Å². The van der Waals surface area contributed by atoms with Gasteiger partial charge in [0.2, 0.25) is 0 Å². The van der Waals surface area contributed by atoms with E-state index in [0.717, 1.165) is 77.9 Å². The van der Waals surface area contributed by atoms with Crippen molar-refractivity contribution in [2.45, 2.75) is 71.6 Å². The molecule has 224 valence electrons. The molecule has 0 atom stereocenters. The first-order valence-corrected chi connectivity index (χ1v) is 15.7. The largest absolute Gasteiger partial charge is 0.329 e. The Morgan fingerprint density at radius 2 is 1.08 bits per heavy atom. The van der Waals surface area contributed by atoms with Gasteiger partial charge in [0.05, 0.1) is 0 Å². The van der Waals surface area contributed by atoms with Crippen molar-refractivity contribution in [2.24, 2.45) is 17.4 Å². The maximum Gasteiger partial charge on any atom is 0.0110 e. The van der Waals surface area contributed by atoms with E-state index in [1.54, 1.807) is 0 Å². The van der Waals surface area contributed by atoms with Crippen molar-refractivity contribution in [3.8, 4) is 0 Å². The Balaban J connectivity index is 4.92. The zero-order chi connectivity index (χ0) is 27.4. The van der Waals surface area contributed by atoms with Crippen LogP contribution in [0.1, 0.15) is 71.6 Å². The average molecular weight is 529 g/mol. The predicted octanol–water partition coefficient (Wildman–Crippen LogP) is 2.01. The van der Waals surface area contributed by atoms with E-state index in [1.807, 2.05) is 0 Å². The molecule has 0 spiro atoms. The van der Waals surface area contributed by atoms with E-state index in [2.05, 4.69) is 58.6 Å². The van der Waals surface area contributed by atoms with Crippen LogP contribution in [0.4, 0.5) is 0 Å². The third-order valence-corrected chi connectivity index (χ3v) is 7.45. The van der Waals surface area contributed by atoms with Crippen molar-refractivity contribution in [3.05, 3.63) is 0 Å². The molecular weight excluding hydrogens is 460 g/mol. The number of unbranched alkanes of at least 4 members (excludes halogenated alkanes) is 4. The van der Waals surface area contributed by atoms with Gasteiger partial charge in [-0.2, -0.15) is 0 Å². The van der Waals surface area contributed by atoms with Crippen LogP contribution in [0.2, 0.25) is 0 Å². The molecule has 0 aromatic rings. The quantitative estimate of drug-likeness (QED) is 0.0904. The third kappa shape index (κ3) is 23.3. The fraction of sp³-hybridized carbons (Fsp3) is 1.00. The molecule has 0 bridgehead atoms. The molecule has 37 heavy (non-hydrogen) atoms. The summed E-state index contributed by atoms with van der Waals surface area (Å²) in [6.07, 6.45) is 11.7. The first-order chi connectivity index (χ1) is 18.1. The highest BCUT2D eigenvalue weighted by molar-refractivity contribution is 4.71. The minimum absolute atomic E-state index is 0.703. The maximum absolute atomic E-state index is 5.95. The summed E-state index contributed by atoms with van der Waals surface area (Å²) in [5.41, 5.74) is 11.7. The van der Waals surface area contributed by atoms with E-state index in [9.17, 15) is 0 Å². The molecule has 0 aromatic heterocycles. The Morgan fingerprint density at radius 3 is 1.62 bits per heavy atom. The lowest BCUT2D eigenvalue weighted by molar-refractivity contribution is 0.169. The third-order valence-electron chi connectivity index (χ3n) is 7.45. The van der Waals surface area contributed by atoms with Crippen molar-refractivity contribution in [3.63, 3.8) is 0 Å². The minimum Gasteiger partial charge on any atom is -0.329 e. The Labute approximate surface area is 232 Å². The normalized spacial score (nSPS) is 12.2. The van der Waals surface area contributed by atoms with Gasteiger partial charge in [0.1, 0.15) is 0 Å². The van der Waals surface area contributed by atoms with Crippen molar-refractivity contribution < 1.29 is 0 Å². The molecule has 0 saturated carbocycles. The Hall–Kier alpha value is -0.320. The molecule has 0 radical (unpaired) electrons. The van der Waals surface area contributed by atoms with Crippen LogP contribution in [-0.4, -0.2) is 127 Å². The number of nitrogens with two attached hydrogens (primary N) is 2. The molecule has 0 unspecified atom stereocenters. The second kappa shape index (κ2) is 28.7. The lowest BCUT2D eigenvalue weighted by atomic mass is 9.97. The molecule has 0 saturated heterocycles. The van der Waals surface area contributed by atoms with Gasteiger partial charge in [-0.25, -0.2) is 0 Å². The lowest BCUT2D eigenvalue weighted by Crippen LogP contribution is -2.44. The molecule has 0 aliphatic heterocycles. The van der Waals surface area contributed by atoms with Crippen molar-refractivity contribution in [1.82, 2.24) is 30.7 Å². The molecule has 0 aromatic carbocycles. The first-order valence-electron chi connectivity index (χ1n) is 15.7. The van der Waals surface area contributed by atoms with Gasteiger partial charge in [0.25, 0.3) is 0 Å². The van der Waals surface area contributed by atoms with Gasteiger partial charge in [-0.1, -0.05) is 39.5 Å². The molecule has 8 nitrogen and oxygen atoms in total. The first kappa shape index (κ1) is 36.7. The summed E-state index contributed by atoms with van der Waals surface area (Å²) in [6.45, 7) is 20.4. The molecule has 8 heteroatoms. The second-order valence-corrected chi connectivity index (χ2v) is 10.7. The Bertz CT molecular complexity index is 432. The summed E-state index contributed by atoms with van der Waals surface area (Å²) in [4.78, 5) is 7.98. The second-order valence-electron chi connectivity index (χ2n) is 10.7. The van der Waals surface area contributed by atoms with Crippen LogP contribution < -0.4 is 27.4 Å². The number of rotatable bonds is 30. The molecule has 0 amide bonds. The van der Waals surface area contributed by atoms with E-state index in [1.165, 1.54) is 77.4 Å². The van der Waals surface area contributed by atoms with Crippen molar-refractivity contribution >= 4 is 0 Å². The highest BCUT2D eigenvalue weighted by Crippen LogP contribution is 2.14. The molecule has 0 aliphatic rings. The van der Waals surface area contributed by atoms with Gasteiger partial charge in [0.15, 0.2) is 0 Å². The van der Waals surface area contributed by atoms with E-state index in [0.29, 0.717) is 6.54 Å². The van der Waals surface area contributed by atoms with Gasteiger partial charge < -0.3 is 37.2 Å². The van der Waals surface area contributed by atoms with Crippen LogP contribution >= 0.6 is 0 Å². The minimum atomic E-state index is 0.703. The highest BCUT2D eigenvalue weighted by atomic mass is 15.2. The van der Waals surface area contributed by atoms with Crippen molar-refractivity contribution in [1.29, 1.82) is 0 Å². The van der Waals surface area contributed by atoms with Crippen LogP contribution in [0.5, 0.6) is 0 Å². The smallest absolute Gasteiger partial charge is 0.0110 e. The topological polar surface area (TPSA) is 97.8 Å². The predicted molar refractivity (Wildman–Crippen MR) is 165 cm³/mol. The molecular formula is C29H68N8. The molecule has 0 fully saturated rings.